The number of Topliss-reactive ketones (excluding diaryl/α,β-unsaturated/α-hetero) is 3. The Morgan fingerprint density at radius 2 is 1.77 bits per heavy atom. The molecule has 6 N–H and O–H groups in total. The third-order valence-electron chi connectivity index (χ3n) is 9.89. The Bertz CT molecular complexity index is 1710. The maximum Gasteiger partial charge on any atom is 0.255 e. The van der Waals surface area contributed by atoms with Crippen LogP contribution in [0, 0.1) is 11.3 Å². The van der Waals surface area contributed by atoms with Gasteiger partial charge in [0, 0.05) is 34.4 Å². The van der Waals surface area contributed by atoms with Gasteiger partial charge in [-0.05, 0) is 37.2 Å². The molecule has 2 aromatic rings. The van der Waals surface area contributed by atoms with Gasteiger partial charge in [-0.25, -0.2) is 0 Å². The number of hydrogen-bond donors (Lipinski definition) is 5. The zero-order chi connectivity index (χ0) is 29.3. The summed E-state index contributed by atoms with van der Waals surface area (Å²) in [5.41, 5.74) is 1.46. The van der Waals surface area contributed by atoms with Gasteiger partial charge in [0.15, 0.2) is 17.2 Å². The molecule has 4 aliphatic carbocycles. The molecule has 1 spiro atoms. The molecule has 1 amide bonds. The molecular formula is C30H29NO9. The second-order valence-corrected chi connectivity index (χ2v) is 11.9. The van der Waals surface area contributed by atoms with Gasteiger partial charge in [-0.2, -0.15) is 0 Å². The summed E-state index contributed by atoms with van der Waals surface area (Å²) in [6.45, 7) is 6.18. The summed E-state index contributed by atoms with van der Waals surface area (Å²) in [6, 6.07) is 1.35. The van der Waals surface area contributed by atoms with Crippen molar-refractivity contribution in [2.24, 2.45) is 17.1 Å². The number of allylic oxidation sites excluding steroid dienone is 2. The monoisotopic (exact) mass is 547 g/mol. The molecular weight excluding hydrogens is 518 g/mol. The molecule has 0 unspecified atom stereocenters. The summed E-state index contributed by atoms with van der Waals surface area (Å²) in [7, 11) is 1.46. The molecule has 0 fully saturated rings. The lowest BCUT2D eigenvalue weighted by Crippen LogP contribution is -2.58. The third-order valence-corrected chi connectivity index (χ3v) is 9.89. The number of hydrogen-bond acceptors (Lipinski definition) is 9. The molecule has 40 heavy (non-hydrogen) atoms. The van der Waals surface area contributed by atoms with E-state index < -0.39 is 75.0 Å². The van der Waals surface area contributed by atoms with Gasteiger partial charge < -0.3 is 30.9 Å². The lowest BCUT2D eigenvalue weighted by molar-refractivity contribution is -0.124. The van der Waals surface area contributed by atoms with E-state index in [0.717, 1.165) is 18.4 Å². The minimum Gasteiger partial charge on any atom is -0.508 e. The van der Waals surface area contributed by atoms with Gasteiger partial charge in [0.1, 0.15) is 28.6 Å². The molecule has 6 rings (SSSR count). The number of aliphatic hydroxyl groups is 2. The molecule has 0 heterocycles. The highest BCUT2D eigenvalue weighted by Gasteiger charge is 2.63. The molecule has 2 aromatic carbocycles. The van der Waals surface area contributed by atoms with E-state index in [2.05, 4.69) is 19.9 Å². The van der Waals surface area contributed by atoms with Crippen molar-refractivity contribution in [3.05, 3.63) is 51.3 Å². The van der Waals surface area contributed by atoms with E-state index in [4.69, 9.17) is 10.5 Å². The smallest absolute Gasteiger partial charge is 0.255 e. The van der Waals surface area contributed by atoms with Crippen molar-refractivity contribution >= 4 is 34.0 Å². The molecule has 10 nitrogen and oxygen atoms in total. The van der Waals surface area contributed by atoms with Crippen LogP contribution in [0.2, 0.25) is 0 Å². The number of rotatable bonds is 2. The molecule has 4 aliphatic rings. The number of amides is 1. The number of carbonyl (C=O) groups is 4. The Balaban J connectivity index is 1.77. The highest BCUT2D eigenvalue weighted by Crippen LogP contribution is 2.65. The van der Waals surface area contributed by atoms with Crippen LogP contribution < -0.4 is 10.5 Å². The van der Waals surface area contributed by atoms with Gasteiger partial charge in [0.25, 0.3) is 5.91 Å². The molecule has 0 saturated carbocycles. The molecule has 0 aliphatic heterocycles. The van der Waals surface area contributed by atoms with Crippen LogP contribution >= 0.6 is 0 Å². The summed E-state index contributed by atoms with van der Waals surface area (Å²) >= 11 is 0. The zero-order valence-electron chi connectivity index (χ0n) is 22.5. The van der Waals surface area contributed by atoms with Crippen LogP contribution in [0.5, 0.6) is 17.2 Å². The van der Waals surface area contributed by atoms with E-state index in [1.165, 1.54) is 13.2 Å². The van der Waals surface area contributed by atoms with Crippen LogP contribution in [-0.4, -0.2) is 56.4 Å². The fourth-order valence-corrected chi connectivity index (χ4v) is 7.89. The molecule has 0 bridgehead atoms. The minimum absolute atomic E-state index is 0.0933. The average Bonchev–Trinajstić information content (AvgIpc) is 3.23. The van der Waals surface area contributed by atoms with Gasteiger partial charge >= 0.3 is 0 Å². The van der Waals surface area contributed by atoms with Gasteiger partial charge in [-0.15, -0.1) is 0 Å². The van der Waals surface area contributed by atoms with E-state index in [1.54, 1.807) is 0 Å². The van der Waals surface area contributed by atoms with Crippen molar-refractivity contribution in [3.63, 3.8) is 0 Å². The summed E-state index contributed by atoms with van der Waals surface area (Å²) in [5.74, 6) is -8.30. The normalized spacial score (nSPS) is 28.6. The van der Waals surface area contributed by atoms with E-state index in [9.17, 15) is 39.6 Å². The maximum atomic E-state index is 14.2. The van der Waals surface area contributed by atoms with Crippen molar-refractivity contribution in [2.75, 3.05) is 7.11 Å². The number of aromatic hydroxyl groups is 2. The van der Waals surface area contributed by atoms with Gasteiger partial charge in [0.05, 0.1) is 24.0 Å². The van der Waals surface area contributed by atoms with Crippen LogP contribution in [0.15, 0.2) is 29.0 Å². The van der Waals surface area contributed by atoms with Crippen molar-refractivity contribution in [3.8, 4) is 17.2 Å². The van der Waals surface area contributed by atoms with E-state index in [0.29, 0.717) is 22.3 Å². The number of carbonyl (C=O) groups excluding carboxylic acids is 4. The van der Waals surface area contributed by atoms with Crippen LogP contribution in [-0.2, 0) is 21.4 Å². The van der Waals surface area contributed by atoms with Crippen LogP contribution in [0.4, 0.5) is 0 Å². The first-order valence-corrected chi connectivity index (χ1v) is 13.0. The lowest BCUT2D eigenvalue weighted by atomic mass is 9.54. The first kappa shape index (κ1) is 26.1. The number of benzene rings is 2. The van der Waals surface area contributed by atoms with Crippen molar-refractivity contribution in [2.45, 2.75) is 57.5 Å². The predicted molar refractivity (Wildman–Crippen MR) is 142 cm³/mol. The van der Waals surface area contributed by atoms with Crippen molar-refractivity contribution in [1.82, 2.24) is 0 Å². The molecule has 3 atom stereocenters. The van der Waals surface area contributed by atoms with Crippen LogP contribution in [0.3, 0.4) is 0 Å². The minimum atomic E-state index is -3.00. The zero-order valence-corrected chi connectivity index (χ0v) is 22.5. The first-order valence-electron chi connectivity index (χ1n) is 13.0. The highest BCUT2D eigenvalue weighted by atomic mass is 16.5. The van der Waals surface area contributed by atoms with Gasteiger partial charge in [0.2, 0.25) is 5.78 Å². The summed E-state index contributed by atoms with van der Waals surface area (Å²) in [6.07, 6.45) is 3.21. The number of ketones is 3. The number of nitrogens with two attached hydrogens (primary N) is 1. The Labute approximate surface area is 228 Å². The standard InChI is InChI=1S/C30H29NO9/c1-11-6-5-7-28(2,3)29(11)10-12-17-19(15(33)9-16(40-4)22(17)29)24(35)21-18(12)23(34)13-8-14(32)20(27(31)38)25(36)30(13,39)26(21)37/h6,9,13,33,35-36,39H,5,7-8,10H2,1-4H3,(H2,31,38)/t13-,29-,30-/m0/s1. The lowest BCUT2D eigenvalue weighted by Gasteiger charge is -2.49. The number of primary amides is 1. The fourth-order valence-electron chi connectivity index (χ4n) is 7.89. The van der Waals surface area contributed by atoms with Crippen LogP contribution in [0.1, 0.15) is 71.9 Å². The Morgan fingerprint density at radius 1 is 1.10 bits per heavy atom. The Hall–Kier alpha value is -4.18. The number of fused-ring (bicyclic) bond motifs is 4. The highest BCUT2D eigenvalue weighted by molar-refractivity contribution is 6.30. The number of phenols is 2. The average molecular weight is 548 g/mol. The quantitative estimate of drug-likeness (QED) is 0.279. The molecule has 0 saturated heterocycles. The first-order chi connectivity index (χ1) is 18.7. The van der Waals surface area contributed by atoms with Gasteiger partial charge in [-0.1, -0.05) is 25.5 Å². The summed E-state index contributed by atoms with van der Waals surface area (Å²) < 4.78 is 5.74. The number of ether oxygens (including phenoxy) is 1. The largest absolute Gasteiger partial charge is 0.508 e. The predicted octanol–water partition coefficient (Wildman–Crippen LogP) is 2.82. The van der Waals surface area contributed by atoms with Crippen LogP contribution in [0.25, 0.3) is 10.8 Å². The summed E-state index contributed by atoms with van der Waals surface area (Å²) in [4.78, 5) is 52.9. The second kappa shape index (κ2) is 7.72. The maximum absolute atomic E-state index is 14.2. The number of aliphatic hydroxyl groups excluding tert-OH is 1. The third kappa shape index (κ3) is 2.67. The van der Waals surface area contributed by atoms with Gasteiger partial charge in [-0.3, -0.25) is 19.2 Å². The number of methoxy groups -OCH3 is 1. The van der Waals surface area contributed by atoms with E-state index >= 15 is 0 Å². The Morgan fingerprint density at radius 3 is 2.38 bits per heavy atom. The fraction of sp³-hybridized carbons (Fsp3) is 0.400. The summed E-state index contributed by atoms with van der Waals surface area (Å²) in [5, 5.41) is 45.3. The van der Waals surface area contributed by atoms with Crippen molar-refractivity contribution in [1.29, 1.82) is 0 Å². The van der Waals surface area contributed by atoms with Crippen molar-refractivity contribution < 1.29 is 44.3 Å². The van der Waals surface area contributed by atoms with E-state index in [1.807, 2.05) is 6.92 Å². The Kier molecular flexibility index (Phi) is 5.03. The SMILES string of the molecule is COc1cc(O)c2c(O)c3c(c4c2c1[C@]1(C4)C(C)=CCCC1(C)C)C(=O)[C@@H]1CC(=O)C(C(N)=O)=C(O)[C@]1(O)C3=O. The molecule has 0 radical (unpaired) electrons. The molecule has 10 heteroatoms. The number of phenolic OH excluding ortho intramolecular Hbond substituents is 2. The second-order valence-electron chi connectivity index (χ2n) is 11.9. The topological polar surface area (TPSA) is 184 Å². The van der Waals surface area contributed by atoms with E-state index in [-0.39, 0.29) is 22.8 Å². The molecule has 0 aromatic heterocycles. The molecule has 208 valence electrons.